The first-order valence-electron chi connectivity index (χ1n) is 6.17. The minimum absolute atomic E-state index is 0.226. The van der Waals surface area contributed by atoms with Gasteiger partial charge in [-0.2, -0.15) is 0 Å². The van der Waals surface area contributed by atoms with E-state index in [1.54, 1.807) is 13.2 Å². The maximum atomic E-state index is 13.0. The van der Waals surface area contributed by atoms with Crippen LogP contribution >= 0.6 is 0 Å². The largest absolute Gasteiger partial charge is 0.461 e. The second-order valence-corrected chi connectivity index (χ2v) is 4.24. The van der Waals surface area contributed by atoms with Gasteiger partial charge in [0.1, 0.15) is 17.2 Å². The van der Waals surface area contributed by atoms with Gasteiger partial charge in [-0.15, -0.1) is 0 Å². The van der Waals surface area contributed by atoms with Crippen molar-refractivity contribution in [1.29, 1.82) is 0 Å². The summed E-state index contributed by atoms with van der Waals surface area (Å²) < 4.78 is 23.6. The van der Waals surface area contributed by atoms with Crippen molar-refractivity contribution in [3.8, 4) is 0 Å². The molecule has 0 aliphatic heterocycles. The van der Waals surface area contributed by atoms with E-state index >= 15 is 0 Å². The zero-order valence-corrected chi connectivity index (χ0v) is 10.5. The number of hydrogen-bond donors (Lipinski definition) is 1. The fraction of sp³-hybridized carbons (Fsp3) is 0.429. The van der Waals surface area contributed by atoms with Crippen molar-refractivity contribution >= 4 is 11.0 Å². The van der Waals surface area contributed by atoms with Gasteiger partial charge in [-0.25, -0.2) is 4.39 Å². The Bertz CT molecular complexity index is 495. The highest BCUT2D eigenvalue weighted by Crippen LogP contribution is 2.21. The average Bonchev–Trinajstić information content (AvgIpc) is 2.75. The van der Waals surface area contributed by atoms with Crippen molar-refractivity contribution in [1.82, 2.24) is 5.32 Å². The number of fused-ring (bicyclic) bond motifs is 1. The molecule has 3 nitrogen and oxygen atoms in total. The Balaban J connectivity index is 1.81. The summed E-state index contributed by atoms with van der Waals surface area (Å²) >= 11 is 0. The molecular weight excluding hydrogens is 233 g/mol. The highest BCUT2D eigenvalue weighted by molar-refractivity contribution is 5.77. The van der Waals surface area contributed by atoms with Crippen molar-refractivity contribution < 1.29 is 13.5 Å². The lowest BCUT2D eigenvalue weighted by Gasteiger charge is -2.02. The topological polar surface area (TPSA) is 34.4 Å². The number of benzene rings is 1. The molecule has 98 valence electrons. The molecule has 0 aliphatic carbocycles. The summed E-state index contributed by atoms with van der Waals surface area (Å²) in [6.45, 7) is 2.51. The monoisotopic (exact) mass is 251 g/mol. The van der Waals surface area contributed by atoms with Crippen LogP contribution in [0.4, 0.5) is 4.39 Å². The normalized spacial score (nSPS) is 11.2. The minimum atomic E-state index is -0.226. The van der Waals surface area contributed by atoms with E-state index in [1.807, 2.05) is 6.07 Å². The van der Waals surface area contributed by atoms with E-state index in [1.165, 1.54) is 12.1 Å². The Morgan fingerprint density at radius 2 is 2.17 bits per heavy atom. The van der Waals surface area contributed by atoms with E-state index in [2.05, 4.69) is 5.32 Å². The fourth-order valence-electron chi connectivity index (χ4n) is 1.88. The molecule has 0 spiro atoms. The molecule has 1 N–H and O–H groups in total. The molecular formula is C14H18FNO2. The van der Waals surface area contributed by atoms with Gasteiger partial charge in [0.05, 0.1) is 6.61 Å². The first kappa shape index (κ1) is 13.1. The Morgan fingerprint density at radius 3 is 3.00 bits per heavy atom. The number of rotatable bonds is 7. The zero-order chi connectivity index (χ0) is 12.8. The van der Waals surface area contributed by atoms with Crippen LogP contribution in [-0.4, -0.2) is 26.8 Å². The molecule has 2 rings (SSSR count). The van der Waals surface area contributed by atoms with Gasteiger partial charge in [0.25, 0.3) is 0 Å². The predicted molar refractivity (Wildman–Crippen MR) is 69.2 cm³/mol. The molecule has 0 amide bonds. The van der Waals surface area contributed by atoms with Gasteiger partial charge >= 0.3 is 0 Å². The van der Waals surface area contributed by atoms with Crippen molar-refractivity contribution in [3.63, 3.8) is 0 Å². The lowest BCUT2D eigenvalue weighted by molar-refractivity contribution is 0.199. The molecule has 1 heterocycles. The quantitative estimate of drug-likeness (QED) is 0.768. The molecule has 4 heteroatoms. The van der Waals surface area contributed by atoms with Crippen LogP contribution in [0.15, 0.2) is 28.7 Å². The number of ether oxygens (including phenoxy) is 1. The number of furan rings is 1. The summed E-state index contributed by atoms with van der Waals surface area (Å²) in [5.74, 6) is 0.681. The molecule has 0 saturated heterocycles. The standard InChI is InChI=1S/C14H18FNO2/c1-17-8-7-16-6-2-3-13-10-11-9-12(15)4-5-14(11)18-13/h4-5,9-10,16H,2-3,6-8H2,1H3. The Kier molecular flexibility index (Phi) is 4.73. The maximum Gasteiger partial charge on any atom is 0.134 e. The van der Waals surface area contributed by atoms with Crippen molar-refractivity contribution in [2.45, 2.75) is 12.8 Å². The summed E-state index contributed by atoms with van der Waals surface area (Å²) in [4.78, 5) is 0. The van der Waals surface area contributed by atoms with Crippen LogP contribution in [0.25, 0.3) is 11.0 Å². The molecule has 0 fully saturated rings. The third kappa shape index (κ3) is 3.55. The summed E-state index contributed by atoms with van der Waals surface area (Å²) in [6.07, 6.45) is 1.85. The van der Waals surface area contributed by atoms with Crippen LogP contribution in [-0.2, 0) is 11.2 Å². The van der Waals surface area contributed by atoms with Gasteiger partial charge in [0, 0.05) is 25.5 Å². The van der Waals surface area contributed by atoms with Crippen LogP contribution in [0, 0.1) is 5.82 Å². The van der Waals surface area contributed by atoms with Crippen LogP contribution in [0.5, 0.6) is 0 Å². The summed E-state index contributed by atoms with van der Waals surface area (Å²) in [5.41, 5.74) is 0.749. The van der Waals surface area contributed by atoms with Gasteiger partial charge in [-0.1, -0.05) is 0 Å². The van der Waals surface area contributed by atoms with Crippen molar-refractivity contribution in [2.75, 3.05) is 26.8 Å². The summed E-state index contributed by atoms with van der Waals surface area (Å²) in [6, 6.07) is 6.50. The Morgan fingerprint density at radius 1 is 1.28 bits per heavy atom. The highest BCUT2D eigenvalue weighted by atomic mass is 19.1. The zero-order valence-electron chi connectivity index (χ0n) is 10.5. The number of nitrogens with one attached hydrogen (secondary N) is 1. The lowest BCUT2D eigenvalue weighted by Crippen LogP contribution is -2.20. The lowest BCUT2D eigenvalue weighted by atomic mass is 10.2. The Hall–Kier alpha value is -1.39. The summed E-state index contributed by atoms with van der Waals surface area (Å²) in [5, 5.41) is 4.10. The molecule has 0 unspecified atom stereocenters. The first-order valence-corrected chi connectivity index (χ1v) is 6.17. The van der Waals surface area contributed by atoms with Gasteiger partial charge in [0.15, 0.2) is 0 Å². The molecule has 1 aromatic carbocycles. The molecule has 0 aliphatic rings. The van der Waals surface area contributed by atoms with Gasteiger partial charge < -0.3 is 14.5 Å². The van der Waals surface area contributed by atoms with E-state index in [4.69, 9.17) is 9.15 Å². The maximum absolute atomic E-state index is 13.0. The van der Waals surface area contributed by atoms with Gasteiger partial charge in [-0.3, -0.25) is 0 Å². The van der Waals surface area contributed by atoms with Crippen LogP contribution < -0.4 is 5.32 Å². The van der Waals surface area contributed by atoms with E-state index in [0.29, 0.717) is 0 Å². The van der Waals surface area contributed by atoms with E-state index < -0.39 is 0 Å². The fourth-order valence-corrected chi connectivity index (χ4v) is 1.88. The summed E-state index contributed by atoms with van der Waals surface area (Å²) in [7, 11) is 1.69. The molecule has 0 radical (unpaired) electrons. The van der Waals surface area contributed by atoms with Gasteiger partial charge in [-0.05, 0) is 37.2 Å². The molecule has 1 aromatic heterocycles. The smallest absolute Gasteiger partial charge is 0.134 e. The van der Waals surface area contributed by atoms with Crippen LogP contribution in [0.3, 0.4) is 0 Å². The van der Waals surface area contributed by atoms with E-state index in [9.17, 15) is 4.39 Å². The number of aryl methyl sites for hydroxylation is 1. The molecule has 0 saturated carbocycles. The third-order valence-electron chi connectivity index (χ3n) is 2.79. The van der Waals surface area contributed by atoms with Crippen LogP contribution in [0.1, 0.15) is 12.2 Å². The molecule has 18 heavy (non-hydrogen) atoms. The van der Waals surface area contributed by atoms with E-state index in [-0.39, 0.29) is 5.82 Å². The second kappa shape index (κ2) is 6.52. The molecule has 0 atom stereocenters. The number of hydrogen-bond acceptors (Lipinski definition) is 3. The third-order valence-corrected chi connectivity index (χ3v) is 2.79. The van der Waals surface area contributed by atoms with E-state index in [0.717, 1.165) is 49.3 Å². The predicted octanol–water partition coefficient (Wildman–Crippen LogP) is 2.74. The second-order valence-electron chi connectivity index (χ2n) is 4.24. The first-order chi connectivity index (χ1) is 8.79. The average molecular weight is 251 g/mol. The van der Waals surface area contributed by atoms with Crippen molar-refractivity contribution in [2.24, 2.45) is 0 Å². The SMILES string of the molecule is COCCNCCCc1cc2cc(F)ccc2o1. The van der Waals surface area contributed by atoms with Crippen LogP contribution in [0.2, 0.25) is 0 Å². The molecule has 2 aromatic rings. The minimum Gasteiger partial charge on any atom is -0.461 e. The highest BCUT2D eigenvalue weighted by Gasteiger charge is 2.04. The number of methoxy groups -OCH3 is 1. The Labute approximate surface area is 106 Å². The van der Waals surface area contributed by atoms with Gasteiger partial charge in [0.2, 0.25) is 0 Å². The number of halogens is 1. The molecule has 0 bridgehead atoms. The van der Waals surface area contributed by atoms with Crippen molar-refractivity contribution in [3.05, 3.63) is 35.8 Å².